The molecule has 3 nitrogen and oxygen atoms in total. The van der Waals surface area contributed by atoms with Gasteiger partial charge in [-0.1, -0.05) is 13.8 Å². The van der Waals surface area contributed by atoms with Crippen LogP contribution in [-0.2, 0) is 6.42 Å². The van der Waals surface area contributed by atoms with Gasteiger partial charge in [-0.3, -0.25) is 9.69 Å². The zero-order chi connectivity index (χ0) is 13.7. The molecule has 0 atom stereocenters. The summed E-state index contributed by atoms with van der Waals surface area (Å²) < 4.78 is 0. The van der Waals surface area contributed by atoms with E-state index in [9.17, 15) is 4.79 Å². The van der Waals surface area contributed by atoms with Gasteiger partial charge in [0.2, 0.25) is 0 Å². The Labute approximate surface area is 120 Å². The number of hydrogen-bond donors (Lipinski definition) is 1. The molecule has 1 fully saturated rings. The lowest BCUT2D eigenvalue weighted by Gasteiger charge is -2.33. The van der Waals surface area contributed by atoms with Gasteiger partial charge in [-0.2, -0.15) is 0 Å². The second-order valence-corrected chi connectivity index (χ2v) is 6.26. The molecule has 1 aromatic rings. The first-order valence-electron chi connectivity index (χ1n) is 7.31. The third kappa shape index (κ3) is 3.88. The Kier molecular flexibility index (Phi) is 5.55. The van der Waals surface area contributed by atoms with Crippen molar-refractivity contribution in [1.82, 2.24) is 10.2 Å². The van der Waals surface area contributed by atoms with Gasteiger partial charge in [-0.25, -0.2) is 0 Å². The fourth-order valence-corrected chi connectivity index (χ4v) is 3.53. The molecule has 2 heterocycles. The molecule has 1 saturated heterocycles. The summed E-state index contributed by atoms with van der Waals surface area (Å²) in [6.45, 7) is 7.98. The van der Waals surface area contributed by atoms with Crippen LogP contribution < -0.4 is 5.32 Å². The molecule has 106 valence electrons. The molecule has 2 rings (SSSR count). The first-order chi connectivity index (χ1) is 9.24. The topological polar surface area (TPSA) is 32.3 Å². The summed E-state index contributed by atoms with van der Waals surface area (Å²) >= 11 is 1.65. The molecule has 1 N–H and O–H groups in total. The fourth-order valence-electron chi connectivity index (χ4n) is 2.65. The smallest absolute Gasteiger partial charge is 0.186 e. The van der Waals surface area contributed by atoms with Gasteiger partial charge in [-0.05, 0) is 51.0 Å². The number of thiophene rings is 1. The molecule has 1 aliphatic rings. The Morgan fingerprint density at radius 3 is 2.68 bits per heavy atom. The highest BCUT2D eigenvalue weighted by Gasteiger charge is 2.22. The highest BCUT2D eigenvalue weighted by molar-refractivity contribution is 7.14. The van der Waals surface area contributed by atoms with Crippen LogP contribution in [0.4, 0.5) is 0 Å². The zero-order valence-electron chi connectivity index (χ0n) is 11.9. The Balaban J connectivity index is 1.95. The number of rotatable bonds is 6. The highest BCUT2D eigenvalue weighted by Crippen LogP contribution is 2.19. The highest BCUT2D eigenvalue weighted by atomic mass is 32.1. The van der Waals surface area contributed by atoms with Crippen LogP contribution in [0.2, 0.25) is 0 Å². The van der Waals surface area contributed by atoms with Crippen molar-refractivity contribution >= 4 is 17.1 Å². The number of carbonyl (C=O) groups is 1. The summed E-state index contributed by atoms with van der Waals surface area (Å²) in [6.07, 6.45) is 3.33. The Morgan fingerprint density at radius 1 is 1.37 bits per heavy atom. The van der Waals surface area contributed by atoms with Gasteiger partial charge in [-0.15, -0.1) is 11.3 Å². The number of nitrogens with zero attached hydrogens (tertiary/aromatic N) is 1. The predicted octanol–water partition coefficient (Wildman–Crippen LogP) is 2.57. The first kappa shape index (κ1) is 14.7. The largest absolute Gasteiger partial charge is 0.317 e. The molecule has 0 unspecified atom stereocenters. The number of likely N-dealkylation sites (N-methyl/N-ethyl adjacent to an activating group) is 1. The summed E-state index contributed by atoms with van der Waals surface area (Å²) in [5.41, 5.74) is 0. The standard InChI is InChI=1S/C15H24N2OS/c1-3-13-5-6-15(19-13)14(18)11-17(4-2)12-7-9-16-10-8-12/h5-6,12,16H,3-4,7-11H2,1-2H3. The lowest BCUT2D eigenvalue weighted by Crippen LogP contribution is -2.45. The molecule has 0 aliphatic carbocycles. The first-order valence-corrected chi connectivity index (χ1v) is 8.13. The lowest BCUT2D eigenvalue weighted by atomic mass is 10.0. The fraction of sp³-hybridized carbons (Fsp3) is 0.667. The predicted molar refractivity (Wildman–Crippen MR) is 81.2 cm³/mol. The number of piperidine rings is 1. The van der Waals surface area contributed by atoms with Crippen molar-refractivity contribution in [3.63, 3.8) is 0 Å². The zero-order valence-corrected chi connectivity index (χ0v) is 12.8. The van der Waals surface area contributed by atoms with E-state index in [1.165, 1.54) is 4.88 Å². The minimum atomic E-state index is 0.282. The van der Waals surface area contributed by atoms with Crippen molar-refractivity contribution < 1.29 is 4.79 Å². The number of carbonyl (C=O) groups excluding carboxylic acids is 1. The van der Waals surface area contributed by atoms with E-state index in [-0.39, 0.29) is 5.78 Å². The van der Waals surface area contributed by atoms with Crippen molar-refractivity contribution in [3.8, 4) is 0 Å². The normalized spacial score (nSPS) is 17.0. The second kappa shape index (κ2) is 7.17. The van der Waals surface area contributed by atoms with Crippen LogP contribution >= 0.6 is 11.3 Å². The molecule has 0 saturated carbocycles. The molecule has 0 aromatic carbocycles. The van der Waals surface area contributed by atoms with E-state index < -0.39 is 0 Å². The van der Waals surface area contributed by atoms with Crippen LogP contribution in [0.1, 0.15) is 41.2 Å². The number of ketones is 1. The molecular weight excluding hydrogens is 256 g/mol. The van der Waals surface area contributed by atoms with Crippen molar-refractivity contribution in [2.75, 3.05) is 26.2 Å². The third-order valence-corrected chi connectivity index (χ3v) is 5.13. The number of aryl methyl sites for hydroxylation is 1. The average Bonchev–Trinajstić information content (AvgIpc) is 2.94. The van der Waals surface area contributed by atoms with Gasteiger partial charge >= 0.3 is 0 Å². The second-order valence-electron chi connectivity index (χ2n) is 5.09. The lowest BCUT2D eigenvalue weighted by molar-refractivity contribution is 0.0878. The molecule has 4 heteroatoms. The van der Waals surface area contributed by atoms with Gasteiger partial charge in [0, 0.05) is 10.9 Å². The summed E-state index contributed by atoms with van der Waals surface area (Å²) in [6, 6.07) is 4.64. The average molecular weight is 280 g/mol. The molecule has 1 aliphatic heterocycles. The number of hydrogen-bond acceptors (Lipinski definition) is 4. The van der Waals surface area contributed by atoms with E-state index in [0.29, 0.717) is 12.6 Å². The van der Waals surface area contributed by atoms with Gasteiger partial charge in [0.25, 0.3) is 0 Å². The molecule has 19 heavy (non-hydrogen) atoms. The minimum Gasteiger partial charge on any atom is -0.317 e. The molecule has 1 aromatic heterocycles. The third-order valence-electron chi connectivity index (χ3n) is 3.86. The Morgan fingerprint density at radius 2 is 2.11 bits per heavy atom. The van der Waals surface area contributed by atoms with Crippen molar-refractivity contribution in [2.45, 2.75) is 39.2 Å². The van der Waals surface area contributed by atoms with Gasteiger partial charge in [0.05, 0.1) is 11.4 Å². The van der Waals surface area contributed by atoms with Crippen molar-refractivity contribution in [1.29, 1.82) is 0 Å². The van der Waals surface area contributed by atoms with E-state index in [1.54, 1.807) is 11.3 Å². The maximum atomic E-state index is 12.3. The monoisotopic (exact) mass is 280 g/mol. The van der Waals surface area contributed by atoms with Crippen LogP contribution in [0.25, 0.3) is 0 Å². The van der Waals surface area contributed by atoms with E-state index in [1.807, 2.05) is 6.07 Å². The SMILES string of the molecule is CCc1ccc(C(=O)CN(CC)C2CCNCC2)s1. The maximum Gasteiger partial charge on any atom is 0.186 e. The quantitative estimate of drug-likeness (QED) is 0.813. The Bertz CT molecular complexity index is 410. The van der Waals surface area contributed by atoms with Crippen LogP contribution in [0.3, 0.4) is 0 Å². The van der Waals surface area contributed by atoms with Crippen molar-refractivity contribution in [3.05, 3.63) is 21.9 Å². The van der Waals surface area contributed by atoms with Crippen LogP contribution in [0.15, 0.2) is 12.1 Å². The molecule has 0 spiro atoms. The summed E-state index contributed by atoms with van der Waals surface area (Å²) in [5, 5.41) is 3.38. The van der Waals surface area contributed by atoms with E-state index >= 15 is 0 Å². The van der Waals surface area contributed by atoms with E-state index in [0.717, 1.165) is 43.8 Å². The molecule has 0 radical (unpaired) electrons. The number of nitrogens with one attached hydrogen (secondary N) is 1. The number of Topliss-reactive ketones (excluding diaryl/α,β-unsaturated/α-hetero) is 1. The summed E-state index contributed by atoms with van der Waals surface area (Å²) in [5.74, 6) is 0.282. The van der Waals surface area contributed by atoms with E-state index in [4.69, 9.17) is 0 Å². The van der Waals surface area contributed by atoms with Gasteiger partial charge in [0.15, 0.2) is 5.78 Å². The van der Waals surface area contributed by atoms with Gasteiger partial charge in [0.1, 0.15) is 0 Å². The van der Waals surface area contributed by atoms with Crippen LogP contribution in [0.5, 0.6) is 0 Å². The summed E-state index contributed by atoms with van der Waals surface area (Å²) in [7, 11) is 0. The van der Waals surface area contributed by atoms with Gasteiger partial charge < -0.3 is 5.32 Å². The van der Waals surface area contributed by atoms with E-state index in [2.05, 4.69) is 30.1 Å². The Hall–Kier alpha value is -0.710. The minimum absolute atomic E-state index is 0.282. The van der Waals surface area contributed by atoms with Crippen molar-refractivity contribution in [2.24, 2.45) is 0 Å². The van der Waals surface area contributed by atoms with Crippen LogP contribution in [0, 0.1) is 0 Å². The maximum absolute atomic E-state index is 12.3. The van der Waals surface area contributed by atoms with Crippen LogP contribution in [-0.4, -0.2) is 42.9 Å². The molecule has 0 bridgehead atoms. The molecule has 0 amide bonds. The molecular formula is C15H24N2OS. The summed E-state index contributed by atoms with van der Waals surface area (Å²) in [4.78, 5) is 16.9.